The van der Waals surface area contributed by atoms with Gasteiger partial charge < -0.3 is 0 Å². The lowest BCUT2D eigenvalue weighted by atomic mass is 10.1. The minimum absolute atomic E-state index is 0.390. The number of ketones is 1. The molecule has 0 spiro atoms. The first kappa shape index (κ1) is 11.8. The molecule has 2 heteroatoms. The second-order valence-corrected chi connectivity index (χ2v) is 3.73. The summed E-state index contributed by atoms with van der Waals surface area (Å²) >= 11 is 1.61. The lowest BCUT2D eigenvalue weighted by molar-refractivity contribution is -0.116. The van der Waals surface area contributed by atoms with E-state index >= 15 is 0 Å². The van der Waals surface area contributed by atoms with Gasteiger partial charge in [-0.3, -0.25) is 4.79 Å². The fourth-order valence-corrected chi connectivity index (χ4v) is 1.49. The fraction of sp³-hybridized carbons (Fsp3) is 0.700. The molecule has 0 aromatic carbocycles. The molecule has 0 heterocycles. The third kappa shape index (κ3) is 7.86. The van der Waals surface area contributed by atoms with E-state index in [1.54, 1.807) is 11.8 Å². The number of allylic oxidation sites excluding steroid dienone is 1. The molecule has 0 amide bonds. The summed E-state index contributed by atoms with van der Waals surface area (Å²) in [6.07, 6.45) is 9.13. The first-order valence-corrected chi connectivity index (χ1v) is 5.82. The summed E-state index contributed by atoms with van der Waals surface area (Å²) in [7, 11) is 0. The molecule has 1 nitrogen and oxygen atoms in total. The van der Waals surface area contributed by atoms with Gasteiger partial charge in [-0.2, -0.15) is 11.8 Å². The van der Waals surface area contributed by atoms with Gasteiger partial charge in [0, 0.05) is 6.42 Å². The monoisotopic (exact) mass is 186 g/mol. The molecule has 0 rings (SSSR count). The SMILES string of the molecule is C=CCCCCCC(=O)CSC. The molecule has 0 aliphatic carbocycles. The number of thioether (sulfide) groups is 1. The molecule has 0 fully saturated rings. The average Bonchev–Trinajstić information content (AvgIpc) is 2.05. The lowest BCUT2D eigenvalue weighted by Gasteiger charge is -1.97. The van der Waals surface area contributed by atoms with Crippen LogP contribution in [0.2, 0.25) is 0 Å². The van der Waals surface area contributed by atoms with Crippen LogP contribution in [-0.4, -0.2) is 17.8 Å². The molecule has 0 N–H and O–H groups in total. The summed E-state index contributed by atoms with van der Waals surface area (Å²) in [5.74, 6) is 1.07. The lowest BCUT2D eigenvalue weighted by Crippen LogP contribution is -2.00. The van der Waals surface area contributed by atoms with E-state index in [0.29, 0.717) is 11.5 Å². The van der Waals surface area contributed by atoms with Gasteiger partial charge in [0.15, 0.2) is 0 Å². The Hall–Kier alpha value is -0.240. The molecule has 0 aliphatic rings. The van der Waals surface area contributed by atoms with Crippen molar-refractivity contribution in [3.05, 3.63) is 12.7 Å². The molecule has 70 valence electrons. The Kier molecular flexibility index (Phi) is 8.68. The maximum Gasteiger partial charge on any atom is 0.142 e. The van der Waals surface area contributed by atoms with Crippen LogP contribution in [-0.2, 0) is 4.79 Å². The molecular weight excluding hydrogens is 168 g/mol. The van der Waals surface area contributed by atoms with Crippen LogP contribution in [0, 0.1) is 0 Å². The van der Waals surface area contributed by atoms with Crippen molar-refractivity contribution in [3.63, 3.8) is 0 Å². The first-order chi connectivity index (χ1) is 5.81. The molecule has 0 bridgehead atoms. The van der Waals surface area contributed by atoms with Crippen LogP contribution in [0.1, 0.15) is 32.1 Å². The summed E-state index contributed by atoms with van der Waals surface area (Å²) in [6.45, 7) is 3.65. The number of carbonyl (C=O) groups excluding carboxylic acids is 1. The molecule has 12 heavy (non-hydrogen) atoms. The van der Waals surface area contributed by atoms with E-state index in [0.717, 1.165) is 25.7 Å². The van der Waals surface area contributed by atoms with Gasteiger partial charge in [0.25, 0.3) is 0 Å². The van der Waals surface area contributed by atoms with Crippen LogP contribution in [0.4, 0.5) is 0 Å². The second kappa shape index (κ2) is 8.85. The van der Waals surface area contributed by atoms with Gasteiger partial charge >= 0.3 is 0 Å². The van der Waals surface area contributed by atoms with Crippen molar-refractivity contribution in [2.24, 2.45) is 0 Å². The Labute approximate surface area is 79.6 Å². The largest absolute Gasteiger partial charge is 0.299 e. The smallest absolute Gasteiger partial charge is 0.142 e. The van der Waals surface area contributed by atoms with Gasteiger partial charge in [-0.25, -0.2) is 0 Å². The van der Waals surface area contributed by atoms with Crippen molar-refractivity contribution in [2.75, 3.05) is 12.0 Å². The quantitative estimate of drug-likeness (QED) is 0.428. The minimum Gasteiger partial charge on any atom is -0.299 e. The van der Waals surface area contributed by atoms with Gasteiger partial charge in [0.05, 0.1) is 5.75 Å². The normalized spacial score (nSPS) is 9.75. The molecule has 0 atom stereocenters. The van der Waals surface area contributed by atoms with E-state index in [2.05, 4.69) is 6.58 Å². The number of hydrogen-bond acceptors (Lipinski definition) is 2. The van der Waals surface area contributed by atoms with Gasteiger partial charge in [0.2, 0.25) is 0 Å². The zero-order valence-corrected chi connectivity index (χ0v) is 8.66. The topological polar surface area (TPSA) is 17.1 Å². The van der Waals surface area contributed by atoms with Crippen molar-refractivity contribution in [3.8, 4) is 0 Å². The van der Waals surface area contributed by atoms with Crippen molar-refractivity contribution in [1.29, 1.82) is 0 Å². The highest BCUT2D eigenvalue weighted by atomic mass is 32.2. The Morgan fingerprint density at radius 3 is 2.75 bits per heavy atom. The maximum atomic E-state index is 11.0. The van der Waals surface area contributed by atoms with Crippen LogP contribution in [0.15, 0.2) is 12.7 Å². The molecule has 0 radical (unpaired) electrons. The number of unbranched alkanes of at least 4 members (excludes halogenated alkanes) is 3. The van der Waals surface area contributed by atoms with Gasteiger partial charge in [0.1, 0.15) is 5.78 Å². The van der Waals surface area contributed by atoms with Crippen molar-refractivity contribution in [2.45, 2.75) is 32.1 Å². The van der Waals surface area contributed by atoms with Crippen LogP contribution in [0.5, 0.6) is 0 Å². The highest BCUT2D eigenvalue weighted by Gasteiger charge is 1.98. The molecule has 0 saturated heterocycles. The zero-order valence-electron chi connectivity index (χ0n) is 7.84. The third-order valence-electron chi connectivity index (χ3n) is 1.67. The second-order valence-electron chi connectivity index (χ2n) is 2.86. The molecule has 0 aliphatic heterocycles. The molecular formula is C10H18OS. The summed E-state index contributed by atoms with van der Waals surface area (Å²) in [5, 5.41) is 0. The van der Waals surface area contributed by atoms with Crippen molar-refractivity contribution in [1.82, 2.24) is 0 Å². The van der Waals surface area contributed by atoms with Crippen LogP contribution in [0.25, 0.3) is 0 Å². The Morgan fingerprint density at radius 1 is 1.42 bits per heavy atom. The number of hydrogen-bond donors (Lipinski definition) is 0. The van der Waals surface area contributed by atoms with Crippen LogP contribution >= 0.6 is 11.8 Å². The Bertz CT molecular complexity index is 132. The number of Topliss-reactive ketones (excluding diaryl/α,β-unsaturated/α-hetero) is 1. The number of carbonyl (C=O) groups is 1. The van der Waals surface area contributed by atoms with Gasteiger partial charge in [-0.15, -0.1) is 6.58 Å². The summed E-state index contributed by atoms with van der Waals surface area (Å²) in [6, 6.07) is 0. The van der Waals surface area contributed by atoms with Gasteiger partial charge in [-0.1, -0.05) is 12.5 Å². The fourth-order valence-electron chi connectivity index (χ4n) is 1.02. The highest BCUT2D eigenvalue weighted by molar-refractivity contribution is 7.99. The van der Waals surface area contributed by atoms with Crippen molar-refractivity contribution < 1.29 is 4.79 Å². The minimum atomic E-state index is 0.390. The predicted octanol–water partition coefficient (Wildman–Crippen LogP) is 3.06. The molecule has 0 aromatic heterocycles. The summed E-state index contributed by atoms with van der Waals surface area (Å²) < 4.78 is 0. The van der Waals surface area contributed by atoms with Crippen LogP contribution in [0.3, 0.4) is 0 Å². The van der Waals surface area contributed by atoms with Crippen LogP contribution < -0.4 is 0 Å². The molecule has 0 saturated carbocycles. The van der Waals surface area contributed by atoms with E-state index < -0.39 is 0 Å². The van der Waals surface area contributed by atoms with E-state index in [1.807, 2.05) is 12.3 Å². The number of rotatable bonds is 8. The van der Waals surface area contributed by atoms with Gasteiger partial charge in [-0.05, 0) is 25.5 Å². The standard InChI is InChI=1S/C10H18OS/c1-3-4-5-6-7-8-10(11)9-12-2/h3H,1,4-9H2,2H3. The van der Waals surface area contributed by atoms with E-state index in [-0.39, 0.29) is 0 Å². The maximum absolute atomic E-state index is 11.0. The molecule has 0 aromatic rings. The third-order valence-corrected chi connectivity index (χ3v) is 2.28. The molecule has 0 unspecified atom stereocenters. The summed E-state index contributed by atoms with van der Waals surface area (Å²) in [4.78, 5) is 11.0. The van der Waals surface area contributed by atoms with E-state index in [1.165, 1.54) is 6.42 Å². The van der Waals surface area contributed by atoms with E-state index in [9.17, 15) is 4.79 Å². The Morgan fingerprint density at radius 2 is 2.17 bits per heavy atom. The first-order valence-electron chi connectivity index (χ1n) is 4.42. The average molecular weight is 186 g/mol. The van der Waals surface area contributed by atoms with E-state index in [4.69, 9.17) is 0 Å². The van der Waals surface area contributed by atoms with Crippen molar-refractivity contribution >= 4 is 17.5 Å². The highest BCUT2D eigenvalue weighted by Crippen LogP contribution is 2.05. The Balaban J connectivity index is 3.08. The summed E-state index contributed by atoms with van der Waals surface area (Å²) in [5.41, 5.74) is 0. The zero-order chi connectivity index (χ0) is 9.23. The predicted molar refractivity (Wildman–Crippen MR) is 56.7 cm³/mol.